The van der Waals surface area contributed by atoms with Crippen molar-refractivity contribution < 1.29 is 32.9 Å². The maximum absolute atomic E-state index is 12.8. The first-order valence-electron chi connectivity index (χ1n) is 22.4. The second-order valence-corrected chi connectivity index (χ2v) is 18.2. The highest BCUT2D eigenvalue weighted by Gasteiger charge is 2.28. The van der Waals surface area contributed by atoms with E-state index >= 15 is 0 Å². The SMILES string of the molecule is CCCCCCCCCCCCCCCCCCCCCCCC(O)C(COP(=O)(O)OCC[N+](C)(C)C)NC(=O)CCCCCCCCCCC. The van der Waals surface area contributed by atoms with Crippen LogP contribution in [0.1, 0.15) is 219 Å². The van der Waals surface area contributed by atoms with Gasteiger partial charge in [0.1, 0.15) is 13.2 Å². The molecule has 0 aliphatic heterocycles. The highest BCUT2D eigenvalue weighted by molar-refractivity contribution is 7.47. The van der Waals surface area contributed by atoms with Gasteiger partial charge in [0, 0.05) is 6.42 Å². The number of carbonyl (C=O) groups is 1. The standard InChI is InChI=1S/C43H89N2O6P/c1-6-8-10-12-14-16-17-18-19-20-21-22-23-24-25-26-27-29-30-32-34-36-42(46)41(40-51-52(48,49)50-39-38-45(3,4)5)44-43(47)37-35-33-31-28-15-13-11-9-7-2/h41-42,46H,6-40H2,1-5H3,(H-,44,47,48,49)/p+1. The third kappa shape index (κ3) is 37.8. The Morgan fingerprint density at radius 1 is 0.577 bits per heavy atom. The highest BCUT2D eigenvalue weighted by Crippen LogP contribution is 2.43. The van der Waals surface area contributed by atoms with Gasteiger partial charge in [-0.2, -0.15) is 0 Å². The van der Waals surface area contributed by atoms with Crippen LogP contribution in [0.3, 0.4) is 0 Å². The molecule has 0 spiro atoms. The van der Waals surface area contributed by atoms with Crippen LogP contribution in [0.5, 0.6) is 0 Å². The monoisotopic (exact) mass is 762 g/mol. The fourth-order valence-electron chi connectivity index (χ4n) is 6.75. The zero-order valence-corrected chi connectivity index (χ0v) is 36.2. The van der Waals surface area contributed by atoms with Crippen molar-refractivity contribution >= 4 is 13.7 Å². The van der Waals surface area contributed by atoms with Gasteiger partial charge in [0.2, 0.25) is 5.91 Å². The number of amides is 1. The number of carbonyl (C=O) groups excluding carboxylic acids is 1. The number of hydrogen-bond acceptors (Lipinski definition) is 5. The van der Waals surface area contributed by atoms with Crippen LogP contribution in [0.2, 0.25) is 0 Å². The number of aliphatic hydroxyl groups excluding tert-OH is 1. The first kappa shape index (κ1) is 51.5. The van der Waals surface area contributed by atoms with Crippen LogP contribution in [0.15, 0.2) is 0 Å². The van der Waals surface area contributed by atoms with Gasteiger partial charge < -0.3 is 19.8 Å². The van der Waals surface area contributed by atoms with Gasteiger partial charge in [0.05, 0.1) is 39.9 Å². The maximum atomic E-state index is 12.8. The smallest absolute Gasteiger partial charge is 0.391 e. The molecule has 3 N–H and O–H groups in total. The molecule has 0 radical (unpaired) electrons. The van der Waals surface area contributed by atoms with Crippen LogP contribution in [-0.2, 0) is 18.4 Å². The predicted molar refractivity (Wildman–Crippen MR) is 222 cm³/mol. The average Bonchev–Trinajstić information content (AvgIpc) is 3.09. The number of hydrogen-bond donors (Lipinski definition) is 3. The number of phosphoric ester groups is 1. The molecule has 0 aliphatic carbocycles. The number of unbranched alkanes of at least 4 members (excludes halogenated alkanes) is 28. The molecule has 0 bridgehead atoms. The summed E-state index contributed by atoms with van der Waals surface area (Å²) in [5.74, 6) is -0.145. The normalized spacial score (nSPS) is 14.4. The van der Waals surface area contributed by atoms with Crippen molar-refractivity contribution in [3.05, 3.63) is 0 Å². The van der Waals surface area contributed by atoms with Crippen LogP contribution in [-0.4, -0.2) is 73.4 Å². The molecule has 0 saturated carbocycles. The van der Waals surface area contributed by atoms with Gasteiger partial charge in [0.25, 0.3) is 0 Å². The van der Waals surface area contributed by atoms with Gasteiger partial charge in [-0.3, -0.25) is 13.8 Å². The minimum absolute atomic E-state index is 0.0783. The first-order chi connectivity index (χ1) is 25.0. The lowest BCUT2D eigenvalue weighted by Gasteiger charge is -2.26. The van der Waals surface area contributed by atoms with Gasteiger partial charge in [-0.1, -0.05) is 200 Å². The molecule has 0 aromatic carbocycles. The molecule has 312 valence electrons. The zero-order chi connectivity index (χ0) is 38.6. The zero-order valence-electron chi connectivity index (χ0n) is 35.3. The maximum Gasteiger partial charge on any atom is 0.472 e. The molecule has 9 heteroatoms. The molecule has 1 amide bonds. The third-order valence-electron chi connectivity index (χ3n) is 10.4. The molecule has 0 aromatic rings. The van der Waals surface area contributed by atoms with Crippen molar-refractivity contribution in [1.29, 1.82) is 0 Å². The van der Waals surface area contributed by atoms with Gasteiger partial charge in [-0.05, 0) is 12.8 Å². The van der Waals surface area contributed by atoms with Gasteiger partial charge in [-0.25, -0.2) is 4.57 Å². The molecule has 0 rings (SSSR count). The molecule has 0 heterocycles. The van der Waals surface area contributed by atoms with E-state index in [1.54, 1.807) is 0 Å². The van der Waals surface area contributed by atoms with Crippen LogP contribution in [0.25, 0.3) is 0 Å². The number of likely N-dealkylation sites (N-methyl/N-ethyl adjacent to an activating group) is 1. The van der Waals surface area contributed by atoms with E-state index in [4.69, 9.17) is 9.05 Å². The minimum Gasteiger partial charge on any atom is -0.391 e. The molecule has 0 aliphatic rings. The van der Waals surface area contributed by atoms with Gasteiger partial charge >= 0.3 is 7.82 Å². The number of nitrogens with one attached hydrogen (secondary N) is 1. The van der Waals surface area contributed by atoms with Crippen molar-refractivity contribution in [3.63, 3.8) is 0 Å². The van der Waals surface area contributed by atoms with Crippen LogP contribution >= 0.6 is 7.82 Å². The lowest BCUT2D eigenvalue weighted by atomic mass is 10.0. The quantitative estimate of drug-likeness (QED) is 0.0325. The van der Waals surface area contributed by atoms with Crippen LogP contribution in [0.4, 0.5) is 0 Å². The fraction of sp³-hybridized carbons (Fsp3) is 0.977. The van der Waals surface area contributed by atoms with Crippen molar-refractivity contribution in [2.45, 2.75) is 231 Å². The Morgan fingerprint density at radius 2 is 0.923 bits per heavy atom. The molecular weight excluding hydrogens is 671 g/mol. The largest absolute Gasteiger partial charge is 0.472 e. The van der Waals surface area contributed by atoms with Crippen LogP contribution < -0.4 is 5.32 Å². The number of rotatable bonds is 41. The summed E-state index contributed by atoms with van der Waals surface area (Å²) in [5, 5.41) is 13.9. The molecular formula is C43H90N2O6P+. The molecule has 0 aromatic heterocycles. The summed E-state index contributed by atoms with van der Waals surface area (Å²) in [4.78, 5) is 23.0. The number of nitrogens with zero attached hydrogens (tertiary/aromatic N) is 1. The summed E-state index contributed by atoms with van der Waals surface area (Å²) in [7, 11) is 1.63. The third-order valence-corrected chi connectivity index (χ3v) is 11.3. The molecule has 52 heavy (non-hydrogen) atoms. The second kappa shape index (κ2) is 36.2. The molecule has 3 atom stereocenters. The van der Waals surface area contributed by atoms with E-state index in [1.807, 2.05) is 21.1 Å². The first-order valence-corrected chi connectivity index (χ1v) is 23.9. The van der Waals surface area contributed by atoms with Crippen LogP contribution in [0, 0.1) is 0 Å². The van der Waals surface area contributed by atoms with E-state index < -0.39 is 20.0 Å². The lowest BCUT2D eigenvalue weighted by molar-refractivity contribution is -0.870. The van der Waals surface area contributed by atoms with E-state index in [0.29, 0.717) is 23.9 Å². The topological polar surface area (TPSA) is 105 Å². The lowest BCUT2D eigenvalue weighted by Crippen LogP contribution is -2.46. The van der Waals surface area contributed by atoms with E-state index in [1.165, 1.54) is 154 Å². The minimum atomic E-state index is -4.30. The summed E-state index contributed by atoms with van der Waals surface area (Å²) in [6, 6.07) is -0.751. The molecule has 0 saturated heterocycles. The summed E-state index contributed by atoms with van der Waals surface area (Å²) < 4.78 is 23.6. The Morgan fingerprint density at radius 3 is 1.29 bits per heavy atom. The Balaban J connectivity index is 4.20. The average molecular weight is 762 g/mol. The highest BCUT2D eigenvalue weighted by atomic mass is 31.2. The Labute approximate surface area is 323 Å². The number of phosphoric acid groups is 1. The Kier molecular flexibility index (Phi) is 35.8. The van der Waals surface area contributed by atoms with Crippen molar-refractivity contribution in [3.8, 4) is 0 Å². The number of quaternary nitrogens is 1. The summed E-state index contributed by atoms with van der Waals surface area (Å²) in [6.07, 6.45) is 38.5. The van der Waals surface area contributed by atoms with Crippen molar-refractivity contribution in [2.24, 2.45) is 0 Å². The Bertz CT molecular complexity index is 824. The summed E-state index contributed by atoms with van der Waals surface area (Å²) in [5.41, 5.74) is 0. The second-order valence-electron chi connectivity index (χ2n) is 16.8. The van der Waals surface area contributed by atoms with Crippen molar-refractivity contribution in [2.75, 3.05) is 40.9 Å². The summed E-state index contributed by atoms with van der Waals surface area (Å²) >= 11 is 0. The molecule has 3 unspecified atom stereocenters. The predicted octanol–water partition coefficient (Wildman–Crippen LogP) is 12.2. The molecule has 0 fully saturated rings. The van der Waals surface area contributed by atoms with Gasteiger partial charge in [-0.15, -0.1) is 0 Å². The number of aliphatic hydroxyl groups is 1. The van der Waals surface area contributed by atoms with Gasteiger partial charge in [0.15, 0.2) is 0 Å². The summed E-state index contributed by atoms with van der Waals surface area (Å²) in [6.45, 7) is 4.88. The Hall–Kier alpha value is -0.500. The van der Waals surface area contributed by atoms with E-state index in [9.17, 15) is 19.4 Å². The van der Waals surface area contributed by atoms with E-state index in [0.717, 1.165) is 38.5 Å². The molecule has 8 nitrogen and oxygen atoms in total. The van der Waals surface area contributed by atoms with Crippen molar-refractivity contribution in [1.82, 2.24) is 5.32 Å². The van der Waals surface area contributed by atoms with E-state index in [2.05, 4.69) is 19.2 Å². The van der Waals surface area contributed by atoms with E-state index in [-0.39, 0.29) is 19.1 Å². The fourth-order valence-corrected chi connectivity index (χ4v) is 7.49.